The molecular weight excluding hydrogens is 140 g/mol. The second-order valence-corrected chi connectivity index (χ2v) is 3.54. The Bertz CT molecular complexity index is 220. The van der Waals surface area contributed by atoms with Gasteiger partial charge in [0.15, 0.2) is 5.78 Å². The first kappa shape index (κ1) is 7.04. The topological polar surface area (TPSA) is 29.6 Å². The minimum atomic E-state index is -0.0365. The fourth-order valence-electron chi connectivity index (χ4n) is 1.70. The Kier molecular flexibility index (Phi) is 1.39. The average molecular weight is 152 g/mol. The van der Waals surface area contributed by atoms with Gasteiger partial charge in [0.25, 0.3) is 0 Å². The van der Waals surface area contributed by atoms with Crippen molar-refractivity contribution in [3.63, 3.8) is 0 Å². The third kappa shape index (κ3) is 1.11. The van der Waals surface area contributed by atoms with Crippen LogP contribution in [0.2, 0.25) is 0 Å². The number of Topliss-reactive ketones (excluding diaryl/α,β-unsaturated/α-hetero) is 1. The van der Waals surface area contributed by atoms with E-state index in [0.29, 0.717) is 12.3 Å². The van der Waals surface area contributed by atoms with Crippen molar-refractivity contribution in [2.45, 2.75) is 32.0 Å². The van der Waals surface area contributed by atoms with E-state index in [1.165, 1.54) is 0 Å². The predicted molar refractivity (Wildman–Crippen MR) is 41.2 cm³/mol. The lowest BCUT2D eigenvalue weighted by Gasteiger charge is -2.17. The summed E-state index contributed by atoms with van der Waals surface area (Å²) in [4.78, 5) is 11.2. The van der Waals surface area contributed by atoms with Crippen molar-refractivity contribution in [2.24, 2.45) is 5.92 Å². The van der Waals surface area contributed by atoms with Crippen LogP contribution in [0.4, 0.5) is 0 Å². The van der Waals surface area contributed by atoms with Crippen LogP contribution in [0.15, 0.2) is 12.2 Å². The second-order valence-electron chi connectivity index (χ2n) is 3.54. The molecule has 2 heteroatoms. The van der Waals surface area contributed by atoms with E-state index in [0.717, 1.165) is 12.0 Å². The number of allylic oxidation sites excluding steroid dienone is 1. The van der Waals surface area contributed by atoms with Gasteiger partial charge < -0.3 is 4.74 Å². The van der Waals surface area contributed by atoms with Gasteiger partial charge in [-0.05, 0) is 19.3 Å². The summed E-state index contributed by atoms with van der Waals surface area (Å²) in [5, 5.41) is 0. The van der Waals surface area contributed by atoms with E-state index in [1.807, 2.05) is 6.92 Å². The van der Waals surface area contributed by atoms with Crippen LogP contribution >= 0.6 is 0 Å². The molecule has 1 aliphatic heterocycles. The number of hydrogen-bond donors (Lipinski definition) is 0. The van der Waals surface area contributed by atoms with Gasteiger partial charge in [0.1, 0.15) is 6.10 Å². The zero-order valence-electron chi connectivity index (χ0n) is 6.67. The highest BCUT2D eigenvalue weighted by atomic mass is 16.6. The molecule has 0 spiro atoms. The van der Waals surface area contributed by atoms with Gasteiger partial charge >= 0.3 is 0 Å². The molecule has 0 unspecified atom stereocenters. The minimum Gasteiger partial charge on any atom is -0.361 e. The maximum absolute atomic E-state index is 11.2. The number of ether oxygens (including phenoxy) is 1. The molecular formula is C9H12O2. The zero-order chi connectivity index (χ0) is 8.01. The van der Waals surface area contributed by atoms with Gasteiger partial charge in [-0.1, -0.05) is 12.2 Å². The third-order valence-electron chi connectivity index (χ3n) is 2.56. The maximum atomic E-state index is 11.2. The monoisotopic (exact) mass is 152 g/mol. The molecule has 2 fully saturated rings. The summed E-state index contributed by atoms with van der Waals surface area (Å²) in [6.45, 7) is 5.85. The van der Waals surface area contributed by atoms with Crippen molar-refractivity contribution < 1.29 is 9.53 Å². The molecule has 3 atom stereocenters. The molecule has 0 aromatic heterocycles. The Hall–Kier alpha value is -0.630. The molecule has 0 bridgehead atoms. The zero-order valence-corrected chi connectivity index (χ0v) is 6.67. The van der Waals surface area contributed by atoms with E-state index in [2.05, 4.69) is 6.58 Å². The van der Waals surface area contributed by atoms with E-state index in [4.69, 9.17) is 4.74 Å². The van der Waals surface area contributed by atoms with E-state index >= 15 is 0 Å². The highest BCUT2D eigenvalue weighted by Gasteiger charge is 2.49. The molecule has 0 aromatic carbocycles. The van der Waals surface area contributed by atoms with Crippen LogP contribution < -0.4 is 0 Å². The molecule has 0 radical (unpaired) electrons. The Morgan fingerprint density at radius 3 is 3.00 bits per heavy atom. The first-order valence-corrected chi connectivity index (χ1v) is 4.02. The summed E-state index contributed by atoms with van der Waals surface area (Å²) in [7, 11) is 0. The molecule has 60 valence electrons. The molecule has 2 aliphatic rings. The van der Waals surface area contributed by atoms with E-state index < -0.39 is 0 Å². The number of ketones is 1. The first-order valence-electron chi connectivity index (χ1n) is 4.02. The quantitative estimate of drug-likeness (QED) is 0.419. The van der Waals surface area contributed by atoms with Crippen molar-refractivity contribution in [1.29, 1.82) is 0 Å². The van der Waals surface area contributed by atoms with Gasteiger partial charge in [-0.3, -0.25) is 4.79 Å². The number of carbonyl (C=O) groups is 1. The van der Waals surface area contributed by atoms with Gasteiger partial charge in [-0.2, -0.15) is 0 Å². The molecule has 0 aromatic rings. The van der Waals surface area contributed by atoms with Crippen LogP contribution in [0.3, 0.4) is 0 Å². The third-order valence-corrected chi connectivity index (χ3v) is 2.56. The second kappa shape index (κ2) is 2.18. The molecule has 1 heterocycles. The Balaban J connectivity index is 2.05. The average Bonchev–Trinajstić information content (AvgIpc) is 2.66. The van der Waals surface area contributed by atoms with Crippen LogP contribution in [-0.2, 0) is 9.53 Å². The van der Waals surface area contributed by atoms with Crippen LogP contribution in [0.5, 0.6) is 0 Å². The minimum absolute atomic E-state index is 0.0365. The highest BCUT2D eigenvalue weighted by Crippen LogP contribution is 2.39. The lowest BCUT2D eigenvalue weighted by Crippen LogP contribution is -2.23. The summed E-state index contributed by atoms with van der Waals surface area (Å²) in [6.07, 6.45) is 1.85. The number of hydrogen-bond acceptors (Lipinski definition) is 2. The van der Waals surface area contributed by atoms with Gasteiger partial charge in [0, 0.05) is 6.42 Å². The van der Waals surface area contributed by atoms with Crippen molar-refractivity contribution in [2.75, 3.05) is 0 Å². The van der Waals surface area contributed by atoms with Crippen LogP contribution in [0.1, 0.15) is 19.8 Å². The fraction of sp³-hybridized carbons (Fsp3) is 0.667. The summed E-state index contributed by atoms with van der Waals surface area (Å²) >= 11 is 0. The summed E-state index contributed by atoms with van der Waals surface area (Å²) in [5.41, 5.74) is 1.12. The molecule has 1 saturated carbocycles. The lowest BCUT2D eigenvalue weighted by molar-refractivity contribution is -0.121. The van der Waals surface area contributed by atoms with Crippen molar-refractivity contribution in [3.05, 3.63) is 12.2 Å². The molecule has 2 rings (SSSR count). The largest absolute Gasteiger partial charge is 0.361 e. The number of epoxide rings is 1. The maximum Gasteiger partial charge on any atom is 0.164 e. The molecule has 11 heavy (non-hydrogen) atoms. The summed E-state index contributed by atoms with van der Waals surface area (Å²) in [6, 6.07) is 0. The van der Waals surface area contributed by atoms with Crippen molar-refractivity contribution in [1.82, 2.24) is 0 Å². The Morgan fingerprint density at radius 1 is 1.73 bits per heavy atom. The normalized spacial score (nSPS) is 41.5. The van der Waals surface area contributed by atoms with Crippen molar-refractivity contribution >= 4 is 5.78 Å². The summed E-state index contributed by atoms with van der Waals surface area (Å²) < 4.78 is 5.18. The van der Waals surface area contributed by atoms with E-state index in [1.54, 1.807) is 0 Å². The standard InChI is InChI=1S/C9H12O2/c1-5(2)6-3-7(10)9-8(4-6)11-9/h6,8-9H,1,3-4H2,2H3/t6-,8-,9+/m1/s1. The lowest BCUT2D eigenvalue weighted by atomic mass is 9.84. The SMILES string of the molecule is C=C(C)[C@@H]1CC(=O)[C@@H]2O[C@@H]2C1. The highest BCUT2D eigenvalue weighted by molar-refractivity contribution is 5.87. The Morgan fingerprint density at radius 2 is 2.45 bits per heavy atom. The van der Waals surface area contributed by atoms with E-state index in [-0.39, 0.29) is 18.0 Å². The van der Waals surface area contributed by atoms with Gasteiger partial charge in [0.2, 0.25) is 0 Å². The predicted octanol–water partition coefficient (Wildman–Crippen LogP) is 1.31. The molecule has 0 N–H and O–H groups in total. The molecule has 1 saturated heterocycles. The summed E-state index contributed by atoms with van der Waals surface area (Å²) in [5.74, 6) is 0.653. The van der Waals surface area contributed by atoms with Gasteiger partial charge in [-0.15, -0.1) is 0 Å². The van der Waals surface area contributed by atoms with Gasteiger partial charge in [-0.25, -0.2) is 0 Å². The molecule has 0 amide bonds. The smallest absolute Gasteiger partial charge is 0.164 e. The fourth-order valence-corrected chi connectivity index (χ4v) is 1.70. The number of fused-ring (bicyclic) bond motifs is 1. The number of carbonyl (C=O) groups excluding carboxylic acids is 1. The van der Waals surface area contributed by atoms with Crippen LogP contribution in [-0.4, -0.2) is 18.0 Å². The first-order chi connectivity index (χ1) is 5.18. The van der Waals surface area contributed by atoms with Crippen molar-refractivity contribution in [3.8, 4) is 0 Å². The van der Waals surface area contributed by atoms with Crippen LogP contribution in [0, 0.1) is 5.92 Å². The number of rotatable bonds is 1. The molecule has 1 aliphatic carbocycles. The Labute approximate surface area is 66.2 Å². The van der Waals surface area contributed by atoms with Gasteiger partial charge in [0.05, 0.1) is 6.10 Å². The van der Waals surface area contributed by atoms with E-state index in [9.17, 15) is 4.79 Å². The van der Waals surface area contributed by atoms with Crippen LogP contribution in [0.25, 0.3) is 0 Å². The molecule has 2 nitrogen and oxygen atoms in total.